The van der Waals surface area contributed by atoms with Crippen LogP contribution in [0, 0.1) is 10.8 Å². The van der Waals surface area contributed by atoms with E-state index in [4.69, 9.17) is 27.9 Å². The topological polar surface area (TPSA) is 46.6 Å². The molecule has 4 rings (SSSR count). The zero-order valence-corrected chi connectivity index (χ0v) is 22.2. The van der Waals surface area contributed by atoms with Gasteiger partial charge in [0, 0.05) is 58.4 Å². The minimum atomic E-state index is -0.545. The lowest BCUT2D eigenvalue weighted by Gasteiger charge is -2.49. The summed E-state index contributed by atoms with van der Waals surface area (Å²) in [7, 11) is 0. The maximum absolute atomic E-state index is 13.8. The van der Waals surface area contributed by atoms with Crippen molar-refractivity contribution in [2.45, 2.75) is 66.2 Å². The average Bonchev–Trinajstić information content (AvgIpc) is 2.69. The molecule has 4 nitrogen and oxygen atoms in total. The van der Waals surface area contributed by atoms with Crippen LogP contribution in [-0.2, 0) is 9.59 Å². The van der Waals surface area contributed by atoms with Crippen molar-refractivity contribution in [2.75, 3.05) is 13.2 Å². The molecule has 0 spiro atoms. The zero-order chi connectivity index (χ0) is 25.0. The van der Waals surface area contributed by atoms with Gasteiger partial charge in [0.2, 0.25) is 0 Å². The number of ketones is 2. The fourth-order valence-electron chi connectivity index (χ4n) is 5.83. The van der Waals surface area contributed by atoms with Crippen molar-refractivity contribution in [1.82, 2.24) is 4.90 Å². The van der Waals surface area contributed by atoms with E-state index in [1.165, 1.54) is 0 Å². The van der Waals surface area contributed by atoms with Gasteiger partial charge in [0.05, 0.1) is 5.02 Å². The molecule has 34 heavy (non-hydrogen) atoms. The number of allylic oxidation sites excluding steroid dienone is 4. The van der Waals surface area contributed by atoms with Crippen molar-refractivity contribution < 1.29 is 14.3 Å². The van der Waals surface area contributed by atoms with E-state index in [1.54, 1.807) is 18.2 Å². The van der Waals surface area contributed by atoms with Gasteiger partial charge in [-0.2, -0.15) is 0 Å². The minimum Gasteiger partial charge on any atom is -0.488 e. The second kappa shape index (κ2) is 8.87. The fourth-order valence-corrected chi connectivity index (χ4v) is 6.39. The maximum Gasteiger partial charge on any atom is 0.162 e. The van der Waals surface area contributed by atoms with E-state index in [-0.39, 0.29) is 29.0 Å². The van der Waals surface area contributed by atoms with Gasteiger partial charge >= 0.3 is 0 Å². The summed E-state index contributed by atoms with van der Waals surface area (Å²) in [5, 5.41) is 0.805. The Morgan fingerprint density at radius 2 is 1.53 bits per heavy atom. The molecule has 0 aromatic heterocycles. The molecule has 0 saturated carbocycles. The third kappa shape index (κ3) is 4.35. The van der Waals surface area contributed by atoms with E-state index in [0.717, 1.165) is 24.2 Å². The van der Waals surface area contributed by atoms with Gasteiger partial charge in [-0.3, -0.25) is 9.59 Å². The standard InChI is InChI=1S/C28H33Cl2NO3/c1-7-9-34-26-17(10-16(29)11-18(26)30)23-24-19(12-27(3,4)14-21(24)32)31(8-2)20-13-28(5,6)15-22(33)25(20)23/h7,10-11,23H,1,8-9,12-15H2,2-6H3. The SMILES string of the molecule is C=CCOc1c(Cl)cc(Cl)cc1C1C2=C(CC(C)(C)CC2=O)N(CC)C2=C1C(=O)CC(C)(C)C2. The van der Waals surface area contributed by atoms with Crippen LogP contribution in [-0.4, -0.2) is 29.6 Å². The number of ether oxygens (including phenoxy) is 1. The largest absolute Gasteiger partial charge is 0.488 e. The van der Waals surface area contributed by atoms with Crippen LogP contribution in [0.4, 0.5) is 0 Å². The molecule has 0 unspecified atom stereocenters. The first-order valence-corrected chi connectivity index (χ1v) is 12.7. The molecule has 6 heteroatoms. The van der Waals surface area contributed by atoms with Gasteiger partial charge in [-0.25, -0.2) is 0 Å². The van der Waals surface area contributed by atoms with Gasteiger partial charge in [0.15, 0.2) is 11.6 Å². The smallest absolute Gasteiger partial charge is 0.162 e. The van der Waals surface area contributed by atoms with Crippen LogP contribution in [0.2, 0.25) is 10.0 Å². The summed E-state index contributed by atoms with van der Waals surface area (Å²) in [4.78, 5) is 29.7. The molecule has 0 N–H and O–H groups in total. The Labute approximate surface area is 212 Å². The van der Waals surface area contributed by atoms with E-state index >= 15 is 0 Å². The second-order valence-corrected chi connectivity index (χ2v) is 12.0. The van der Waals surface area contributed by atoms with Crippen LogP contribution in [0.25, 0.3) is 0 Å². The van der Waals surface area contributed by atoms with Crippen LogP contribution in [0.3, 0.4) is 0 Å². The molecule has 0 amide bonds. The molecule has 1 aromatic carbocycles. The van der Waals surface area contributed by atoms with Gasteiger partial charge in [0.25, 0.3) is 0 Å². The molecule has 1 aromatic rings. The predicted octanol–water partition coefficient (Wildman–Crippen LogP) is 7.26. The van der Waals surface area contributed by atoms with Crippen LogP contribution in [0.5, 0.6) is 5.75 Å². The van der Waals surface area contributed by atoms with Gasteiger partial charge in [-0.05, 0) is 42.7 Å². The van der Waals surface area contributed by atoms with Crippen molar-refractivity contribution in [1.29, 1.82) is 0 Å². The number of rotatable bonds is 5. The minimum absolute atomic E-state index is 0.0738. The average molecular weight is 502 g/mol. The van der Waals surface area contributed by atoms with E-state index in [1.807, 2.05) is 0 Å². The number of carbonyl (C=O) groups excluding carboxylic acids is 2. The number of hydrogen-bond donors (Lipinski definition) is 0. The van der Waals surface area contributed by atoms with Crippen LogP contribution < -0.4 is 4.74 Å². The Morgan fingerprint density at radius 1 is 1.00 bits per heavy atom. The molecule has 182 valence electrons. The van der Waals surface area contributed by atoms with E-state index < -0.39 is 5.92 Å². The lowest BCUT2D eigenvalue weighted by atomic mass is 9.63. The molecule has 2 aliphatic carbocycles. The monoisotopic (exact) mass is 501 g/mol. The van der Waals surface area contributed by atoms with E-state index in [2.05, 4.69) is 46.1 Å². The van der Waals surface area contributed by atoms with Crippen LogP contribution >= 0.6 is 23.2 Å². The highest BCUT2D eigenvalue weighted by Gasteiger charge is 2.49. The Kier molecular flexibility index (Phi) is 6.54. The molecular weight excluding hydrogens is 469 g/mol. The van der Waals surface area contributed by atoms with Crippen molar-refractivity contribution >= 4 is 34.8 Å². The molecule has 0 atom stereocenters. The molecule has 0 bridgehead atoms. The molecule has 1 heterocycles. The maximum atomic E-state index is 13.8. The molecule has 0 radical (unpaired) electrons. The first kappa shape index (κ1) is 25.1. The van der Waals surface area contributed by atoms with Crippen LogP contribution in [0.1, 0.15) is 71.8 Å². The highest BCUT2D eigenvalue weighted by Crippen LogP contribution is 2.56. The molecular formula is C28H33Cl2NO3. The summed E-state index contributed by atoms with van der Waals surface area (Å²) in [5.74, 6) is 0.0557. The van der Waals surface area contributed by atoms with E-state index in [9.17, 15) is 9.59 Å². The second-order valence-electron chi connectivity index (χ2n) is 11.2. The van der Waals surface area contributed by atoms with Crippen LogP contribution in [0.15, 0.2) is 47.3 Å². The summed E-state index contributed by atoms with van der Waals surface area (Å²) >= 11 is 13.1. The van der Waals surface area contributed by atoms with Crippen molar-refractivity contribution in [3.05, 3.63) is 62.9 Å². The fraction of sp³-hybridized carbons (Fsp3) is 0.500. The summed E-state index contributed by atoms with van der Waals surface area (Å²) in [6, 6.07) is 3.43. The van der Waals surface area contributed by atoms with Crippen molar-refractivity contribution in [3.8, 4) is 5.75 Å². The van der Waals surface area contributed by atoms with E-state index in [0.29, 0.717) is 51.9 Å². The van der Waals surface area contributed by atoms with Gasteiger partial charge in [-0.15, -0.1) is 0 Å². The molecule has 3 aliphatic rings. The quantitative estimate of drug-likeness (QED) is 0.398. The summed E-state index contributed by atoms with van der Waals surface area (Å²) in [5.41, 5.74) is 3.77. The number of carbonyl (C=O) groups is 2. The summed E-state index contributed by atoms with van der Waals surface area (Å²) in [6.07, 6.45) is 4.03. The van der Waals surface area contributed by atoms with Gasteiger partial charge < -0.3 is 9.64 Å². The number of hydrogen-bond acceptors (Lipinski definition) is 4. The number of benzene rings is 1. The van der Waals surface area contributed by atoms with Crippen molar-refractivity contribution in [3.63, 3.8) is 0 Å². The first-order valence-electron chi connectivity index (χ1n) is 11.9. The summed E-state index contributed by atoms with van der Waals surface area (Å²) in [6.45, 7) is 15.3. The normalized spacial score (nSPS) is 22.0. The first-order chi connectivity index (χ1) is 15.9. The number of nitrogens with zero attached hydrogens (tertiary/aromatic N) is 1. The van der Waals surface area contributed by atoms with Crippen molar-refractivity contribution in [2.24, 2.45) is 10.8 Å². The number of Topliss-reactive ketones (excluding diaryl/α,β-unsaturated/α-hetero) is 2. The Balaban J connectivity index is 2.05. The Hall–Kier alpha value is -2.04. The zero-order valence-electron chi connectivity index (χ0n) is 20.7. The third-order valence-corrected chi connectivity index (χ3v) is 7.53. The number of halogens is 2. The molecule has 1 aliphatic heterocycles. The lowest BCUT2D eigenvalue weighted by Crippen LogP contribution is -2.44. The lowest BCUT2D eigenvalue weighted by molar-refractivity contribution is -0.119. The Bertz CT molecular complexity index is 1090. The highest BCUT2D eigenvalue weighted by molar-refractivity contribution is 6.35. The molecule has 0 fully saturated rings. The highest BCUT2D eigenvalue weighted by atomic mass is 35.5. The third-order valence-electron chi connectivity index (χ3n) is 7.03. The Morgan fingerprint density at radius 3 is 2.00 bits per heavy atom. The van der Waals surface area contributed by atoms with Gasteiger partial charge in [0.1, 0.15) is 12.4 Å². The summed E-state index contributed by atoms with van der Waals surface area (Å²) < 4.78 is 6.00. The molecule has 0 saturated heterocycles. The van der Waals surface area contributed by atoms with Gasteiger partial charge in [-0.1, -0.05) is 63.6 Å². The predicted molar refractivity (Wildman–Crippen MR) is 137 cm³/mol.